The largest absolute Gasteiger partial charge is 0.360 e. The number of nitrogens with zero attached hydrogens (tertiary/aromatic N) is 3. The zero-order valence-electron chi connectivity index (χ0n) is 14.3. The number of hydrogen-bond acceptors (Lipinski definition) is 6. The first kappa shape index (κ1) is 17.2. The van der Waals surface area contributed by atoms with Crippen LogP contribution in [0, 0.1) is 10.1 Å². The molecule has 2 aromatic carbocycles. The quantitative estimate of drug-likeness (QED) is 0.314. The van der Waals surface area contributed by atoms with Crippen molar-refractivity contribution in [3.05, 3.63) is 82.2 Å². The van der Waals surface area contributed by atoms with Gasteiger partial charge in [-0.05, 0) is 23.8 Å². The second kappa shape index (κ2) is 7.16. The average molecular weight is 375 g/mol. The fourth-order valence-corrected chi connectivity index (χ4v) is 2.69. The highest BCUT2D eigenvalue weighted by molar-refractivity contribution is 5.97. The smallest absolute Gasteiger partial charge is 0.293 e. The molecule has 0 aliphatic carbocycles. The summed E-state index contributed by atoms with van der Waals surface area (Å²) < 4.78 is 5.29. The summed E-state index contributed by atoms with van der Waals surface area (Å²) in [5.74, 6) is -0.0741. The van der Waals surface area contributed by atoms with Crippen molar-refractivity contribution in [1.29, 1.82) is 0 Å². The molecule has 0 unspecified atom stereocenters. The molecule has 0 saturated heterocycles. The number of H-pyrrole nitrogens is 1. The molecule has 138 valence electrons. The average Bonchev–Trinajstić information content (AvgIpc) is 3.35. The summed E-state index contributed by atoms with van der Waals surface area (Å²) in [6, 6.07) is 15.0. The number of carbonyl (C=O) groups excluding carboxylic acids is 1. The number of aromatic amines is 1. The number of aromatic nitrogens is 2. The molecule has 2 heterocycles. The van der Waals surface area contributed by atoms with Gasteiger partial charge in [0.2, 0.25) is 0 Å². The second-order valence-electron chi connectivity index (χ2n) is 5.87. The van der Waals surface area contributed by atoms with Gasteiger partial charge < -0.3 is 9.51 Å². The maximum Gasteiger partial charge on any atom is 0.293 e. The number of non-ortho nitro benzene ring substituents is 1. The van der Waals surface area contributed by atoms with Crippen molar-refractivity contribution in [2.45, 2.75) is 0 Å². The molecule has 4 rings (SSSR count). The van der Waals surface area contributed by atoms with Crippen LogP contribution in [0.15, 0.2) is 70.4 Å². The van der Waals surface area contributed by atoms with E-state index in [2.05, 4.69) is 20.7 Å². The van der Waals surface area contributed by atoms with Crippen LogP contribution in [0.4, 0.5) is 5.69 Å². The Balaban J connectivity index is 1.45. The summed E-state index contributed by atoms with van der Waals surface area (Å²) in [5.41, 5.74) is 4.77. The van der Waals surface area contributed by atoms with Crippen molar-refractivity contribution in [3.63, 3.8) is 0 Å². The Morgan fingerprint density at radius 3 is 2.79 bits per heavy atom. The summed E-state index contributed by atoms with van der Waals surface area (Å²) in [7, 11) is 0. The lowest BCUT2D eigenvalue weighted by molar-refractivity contribution is -0.384. The van der Waals surface area contributed by atoms with Gasteiger partial charge in [0.15, 0.2) is 11.5 Å². The predicted molar refractivity (Wildman–Crippen MR) is 102 cm³/mol. The maximum atomic E-state index is 12.2. The summed E-state index contributed by atoms with van der Waals surface area (Å²) in [6.45, 7) is 0. The molecule has 0 aliphatic rings. The number of nitrogens with one attached hydrogen (secondary N) is 2. The molecule has 0 radical (unpaired) electrons. The first-order valence-corrected chi connectivity index (χ1v) is 8.23. The zero-order valence-corrected chi connectivity index (χ0v) is 14.3. The van der Waals surface area contributed by atoms with E-state index in [1.54, 1.807) is 6.20 Å². The van der Waals surface area contributed by atoms with Crippen molar-refractivity contribution >= 4 is 28.7 Å². The molecule has 28 heavy (non-hydrogen) atoms. The molecule has 9 nitrogen and oxygen atoms in total. The van der Waals surface area contributed by atoms with Crippen LogP contribution in [0.25, 0.3) is 22.2 Å². The molecule has 1 amide bonds. The number of nitro groups is 1. The Kier molecular flexibility index (Phi) is 4.38. The molecule has 2 N–H and O–H groups in total. The number of benzene rings is 2. The van der Waals surface area contributed by atoms with Crippen LogP contribution >= 0.6 is 0 Å². The molecule has 0 bridgehead atoms. The van der Waals surface area contributed by atoms with Gasteiger partial charge in [0.05, 0.1) is 11.1 Å². The molecule has 0 spiro atoms. The maximum absolute atomic E-state index is 12.2. The number of para-hydroxylation sites is 1. The van der Waals surface area contributed by atoms with Crippen molar-refractivity contribution < 1.29 is 14.2 Å². The van der Waals surface area contributed by atoms with E-state index in [0.29, 0.717) is 11.3 Å². The molecular formula is C19H13N5O4. The van der Waals surface area contributed by atoms with E-state index in [4.69, 9.17) is 4.52 Å². The highest BCUT2D eigenvalue weighted by Gasteiger charge is 2.15. The van der Waals surface area contributed by atoms with Crippen molar-refractivity contribution in [3.8, 4) is 11.3 Å². The van der Waals surface area contributed by atoms with Crippen LogP contribution in [0.2, 0.25) is 0 Å². The number of fused-ring (bicyclic) bond motifs is 1. The Bertz CT molecular complexity index is 1190. The predicted octanol–water partition coefficient (Wildman–Crippen LogP) is 3.50. The molecule has 0 aliphatic heterocycles. The van der Waals surface area contributed by atoms with Gasteiger partial charge in [-0.2, -0.15) is 5.10 Å². The van der Waals surface area contributed by atoms with E-state index in [9.17, 15) is 14.9 Å². The molecule has 4 aromatic rings. The SMILES string of the molecule is O=C(NN=Cc1ccc([N+](=O)[O-])cc1)c1cc(-c2c[nH]c3ccccc23)on1. The third kappa shape index (κ3) is 3.36. The van der Waals surface area contributed by atoms with E-state index in [-0.39, 0.29) is 11.4 Å². The standard InChI is InChI=1S/C19H13N5O4/c25-19(22-21-10-12-5-7-13(8-6-12)24(26)27)17-9-18(28-23-17)15-11-20-16-4-2-1-3-14(15)16/h1-11,20H,(H,22,25). The summed E-state index contributed by atoms with van der Waals surface area (Å²) >= 11 is 0. The van der Waals surface area contributed by atoms with Gasteiger partial charge in [-0.3, -0.25) is 14.9 Å². The second-order valence-corrected chi connectivity index (χ2v) is 5.87. The van der Waals surface area contributed by atoms with Crippen LogP contribution < -0.4 is 5.43 Å². The molecule has 9 heteroatoms. The summed E-state index contributed by atoms with van der Waals surface area (Å²) in [4.78, 5) is 25.5. The molecule has 0 atom stereocenters. The lowest BCUT2D eigenvalue weighted by atomic mass is 10.1. The lowest BCUT2D eigenvalue weighted by Crippen LogP contribution is -2.17. The highest BCUT2D eigenvalue weighted by atomic mass is 16.6. The molecule has 2 aromatic heterocycles. The zero-order chi connectivity index (χ0) is 19.5. The van der Waals surface area contributed by atoms with Crippen LogP contribution in [0.1, 0.15) is 16.1 Å². The van der Waals surface area contributed by atoms with Crippen molar-refractivity contribution in [2.75, 3.05) is 0 Å². The molecule has 0 saturated carbocycles. The number of hydrogen-bond donors (Lipinski definition) is 2. The van der Waals surface area contributed by atoms with E-state index >= 15 is 0 Å². The number of carbonyl (C=O) groups is 1. The van der Waals surface area contributed by atoms with E-state index in [1.807, 2.05) is 24.3 Å². The topological polar surface area (TPSA) is 126 Å². The van der Waals surface area contributed by atoms with Crippen molar-refractivity contribution in [1.82, 2.24) is 15.6 Å². The number of nitro benzene ring substituents is 1. The minimum atomic E-state index is -0.534. The summed E-state index contributed by atoms with van der Waals surface area (Å²) in [6.07, 6.45) is 3.17. The fraction of sp³-hybridized carbons (Fsp3) is 0. The lowest BCUT2D eigenvalue weighted by Gasteiger charge is -1.95. The van der Waals surface area contributed by atoms with Crippen LogP contribution in [0.5, 0.6) is 0 Å². The first-order valence-electron chi connectivity index (χ1n) is 8.23. The minimum Gasteiger partial charge on any atom is -0.360 e. The van der Waals surface area contributed by atoms with Gasteiger partial charge in [-0.15, -0.1) is 0 Å². The summed E-state index contributed by atoms with van der Waals surface area (Å²) in [5, 5.41) is 19.2. The Morgan fingerprint density at radius 1 is 1.21 bits per heavy atom. The number of hydrazone groups is 1. The Hall–Kier alpha value is -4.27. The van der Waals surface area contributed by atoms with Gasteiger partial charge in [0, 0.05) is 40.9 Å². The van der Waals surface area contributed by atoms with Crippen LogP contribution in [-0.4, -0.2) is 27.2 Å². The number of rotatable bonds is 5. The van der Waals surface area contributed by atoms with Gasteiger partial charge in [-0.25, -0.2) is 5.43 Å². The van der Waals surface area contributed by atoms with Gasteiger partial charge >= 0.3 is 0 Å². The third-order valence-corrected chi connectivity index (χ3v) is 4.08. The van der Waals surface area contributed by atoms with Crippen LogP contribution in [0.3, 0.4) is 0 Å². The Labute approximate surface area is 157 Å². The monoisotopic (exact) mass is 375 g/mol. The van der Waals surface area contributed by atoms with Crippen LogP contribution in [-0.2, 0) is 0 Å². The minimum absolute atomic E-state index is 0.0198. The normalized spacial score (nSPS) is 11.1. The third-order valence-electron chi connectivity index (χ3n) is 4.08. The van der Waals surface area contributed by atoms with E-state index < -0.39 is 10.8 Å². The fourth-order valence-electron chi connectivity index (χ4n) is 2.69. The van der Waals surface area contributed by atoms with E-state index in [0.717, 1.165) is 16.5 Å². The Morgan fingerprint density at radius 2 is 2.00 bits per heavy atom. The molecular weight excluding hydrogens is 362 g/mol. The van der Waals surface area contributed by atoms with Gasteiger partial charge in [0.25, 0.3) is 11.6 Å². The highest BCUT2D eigenvalue weighted by Crippen LogP contribution is 2.28. The van der Waals surface area contributed by atoms with Gasteiger partial charge in [-0.1, -0.05) is 23.4 Å². The van der Waals surface area contributed by atoms with E-state index in [1.165, 1.54) is 36.5 Å². The van der Waals surface area contributed by atoms with Gasteiger partial charge in [0.1, 0.15) is 0 Å². The van der Waals surface area contributed by atoms with Crippen molar-refractivity contribution in [2.24, 2.45) is 5.10 Å². The first-order chi connectivity index (χ1) is 13.6. The molecule has 0 fully saturated rings. The number of amides is 1.